The third-order valence-corrected chi connectivity index (χ3v) is 13.5. The summed E-state index contributed by atoms with van der Waals surface area (Å²) in [7, 11) is 0. The van der Waals surface area contributed by atoms with Gasteiger partial charge in [0.25, 0.3) is 0 Å². The van der Waals surface area contributed by atoms with Crippen molar-refractivity contribution in [3.8, 4) is 0 Å². The second-order valence-electron chi connectivity index (χ2n) is 20.0. The minimum atomic E-state index is -1.69. The lowest BCUT2D eigenvalue weighted by Crippen LogP contribution is -2.60. The summed E-state index contributed by atoms with van der Waals surface area (Å²) >= 11 is 0. The van der Waals surface area contributed by atoms with Gasteiger partial charge in [-0.25, -0.2) is 0 Å². The first kappa shape index (κ1) is 65.8. The summed E-state index contributed by atoms with van der Waals surface area (Å²) < 4.78 is 11.1. The normalized spacial score (nSPS) is 20.7. The van der Waals surface area contributed by atoms with Gasteiger partial charge in [-0.3, -0.25) is 4.79 Å². The lowest BCUT2D eigenvalue weighted by atomic mass is 9.99. The molecule has 11 nitrogen and oxygen atoms in total. The molecule has 1 aliphatic rings. The van der Waals surface area contributed by atoms with Crippen LogP contribution in [0.4, 0.5) is 0 Å². The molecule has 1 saturated heterocycles. The number of rotatable bonds is 48. The molecule has 0 spiro atoms. The molecule has 0 bridgehead atoms. The fraction of sp³-hybridized carbons (Fsp3) is 0.814. The molecule has 408 valence electrons. The first-order chi connectivity index (χ1) is 34.2. The summed E-state index contributed by atoms with van der Waals surface area (Å²) in [6.45, 7) is 3.38. The smallest absolute Gasteiger partial charge is 0.249 e. The van der Waals surface area contributed by atoms with Crippen LogP contribution >= 0.6 is 0 Å². The molecule has 11 heteroatoms. The van der Waals surface area contributed by atoms with Crippen LogP contribution in [0.2, 0.25) is 0 Å². The monoisotopic (exact) mass is 990 g/mol. The van der Waals surface area contributed by atoms with Crippen molar-refractivity contribution in [2.45, 2.75) is 294 Å². The van der Waals surface area contributed by atoms with Gasteiger partial charge in [0.1, 0.15) is 36.6 Å². The number of carbonyl (C=O) groups is 1. The van der Waals surface area contributed by atoms with Crippen LogP contribution < -0.4 is 5.32 Å². The van der Waals surface area contributed by atoms with Crippen LogP contribution in [0.5, 0.6) is 0 Å². The Morgan fingerprint density at radius 1 is 0.514 bits per heavy atom. The zero-order valence-electron chi connectivity index (χ0n) is 44.5. The van der Waals surface area contributed by atoms with Crippen LogP contribution in [0.1, 0.15) is 239 Å². The second kappa shape index (κ2) is 47.8. The standard InChI is InChI=1S/C59H107NO10/c1-3-5-7-9-11-13-15-17-18-19-20-21-22-23-24-25-26-27-28-29-30-31-32-33-34-35-37-38-40-42-44-46-51(62)54(64)50(49-69-59-57(67)56(66)55(65)53(48-61)70-59)60-58(68)52(63)47-45-43-41-39-36-16-14-12-10-8-6-4-2/h29-30,33-34,36,38-40,43,45,50-57,59,61-67H,3-28,31-32,35,37,41-42,44,46-49H2,1-2H3,(H,60,68)/b30-29+,34-33+,39-36-,40-38+,45-43-. The van der Waals surface area contributed by atoms with E-state index in [1.54, 1.807) is 6.08 Å². The average Bonchev–Trinajstić information content (AvgIpc) is 3.36. The highest BCUT2D eigenvalue weighted by Gasteiger charge is 2.44. The van der Waals surface area contributed by atoms with Gasteiger partial charge in [-0.15, -0.1) is 0 Å². The van der Waals surface area contributed by atoms with Gasteiger partial charge in [-0.1, -0.05) is 216 Å². The minimum absolute atomic E-state index is 0.0369. The molecule has 0 aromatic heterocycles. The fourth-order valence-corrected chi connectivity index (χ4v) is 8.81. The van der Waals surface area contributed by atoms with Gasteiger partial charge in [-0.05, 0) is 77.0 Å². The topological polar surface area (TPSA) is 189 Å². The number of hydrogen-bond donors (Lipinski definition) is 8. The van der Waals surface area contributed by atoms with Gasteiger partial charge in [0.2, 0.25) is 5.91 Å². The van der Waals surface area contributed by atoms with Crippen LogP contribution in [0.15, 0.2) is 60.8 Å². The molecule has 0 aromatic carbocycles. The van der Waals surface area contributed by atoms with Crippen molar-refractivity contribution in [1.82, 2.24) is 5.32 Å². The summed E-state index contributed by atoms with van der Waals surface area (Å²) in [6, 6.07) is -1.23. The maximum atomic E-state index is 13.1. The van der Waals surface area contributed by atoms with E-state index in [0.29, 0.717) is 19.3 Å². The van der Waals surface area contributed by atoms with Gasteiger partial charge < -0.3 is 50.5 Å². The van der Waals surface area contributed by atoms with E-state index >= 15 is 0 Å². The number of amides is 1. The molecule has 0 aliphatic carbocycles. The molecule has 1 aliphatic heterocycles. The van der Waals surface area contributed by atoms with Crippen LogP contribution in [0.25, 0.3) is 0 Å². The van der Waals surface area contributed by atoms with Crippen LogP contribution in [0.3, 0.4) is 0 Å². The predicted octanol–water partition coefficient (Wildman–Crippen LogP) is 11.8. The summed E-state index contributed by atoms with van der Waals surface area (Å²) in [4.78, 5) is 13.1. The zero-order valence-corrected chi connectivity index (χ0v) is 44.5. The van der Waals surface area contributed by atoms with E-state index in [4.69, 9.17) is 9.47 Å². The van der Waals surface area contributed by atoms with Crippen molar-refractivity contribution < 1.29 is 50.0 Å². The lowest BCUT2D eigenvalue weighted by molar-refractivity contribution is -0.303. The van der Waals surface area contributed by atoms with E-state index < -0.39 is 74.2 Å². The Balaban J connectivity index is 2.31. The van der Waals surface area contributed by atoms with Crippen molar-refractivity contribution in [1.29, 1.82) is 0 Å². The van der Waals surface area contributed by atoms with E-state index in [9.17, 15) is 40.5 Å². The van der Waals surface area contributed by atoms with E-state index in [1.165, 1.54) is 154 Å². The Bertz CT molecular complexity index is 1320. The van der Waals surface area contributed by atoms with Crippen molar-refractivity contribution in [2.24, 2.45) is 0 Å². The Kier molecular flexibility index (Phi) is 44.9. The lowest BCUT2D eigenvalue weighted by Gasteiger charge is -2.40. The number of aliphatic hydroxyl groups excluding tert-OH is 7. The van der Waals surface area contributed by atoms with Gasteiger partial charge in [0, 0.05) is 6.42 Å². The number of unbranched alkanes of at least 4 members (excludes halogenated alkanes) is 27. The first-order valence-corrected chi connectivity index (χ1v) is 28.7. The maximum absolute atomic E-state index is 13.1. The van der Waals surface area contributed by atoms with Crippen LogP contribution in [-0.2, 0) is 14.3 Å². The molecule has 1 heterocycles. The first-order valence-electron chi connectivity index (χ1n) is 28.7. The van der Waals surface area contributed by atoms with Crippen molar-refractivity contribution >= 4 is 5.91 Å². The summed E-state index contributed by atoms with van der Waals surface area (Å²) in [5.41, 5.74) is 0. The third-order valence-electron chi connectivity index (χ3n) is 13.5. The van der Waals surface area contributed by atoms with Gasteiger partial charge >= 0.3 is 0 Å². The molecule has 9 atom stereocenters. The molecule has 70 heavy (non-hydrogen) atoms. The Hall–Kier alpha value is -2.19. The molecule has 1 rings (SSSR count). The van der Waals surface area contributed by atoms with Gasteiger partial charge in [0.05, 0.1) is 25.4 Å². The second-order valence-corrected chi connectivity index (χ2v) is 20.0. The molecule has 9 unspecified atom stereocenters. The number of hydrogen-bond acceptors (Lipinski definition) is 10. The highest BCUT2D eigenvalue weighted by molar-refractivity contribution is 5.81. The molecular weight excluding hydrogens is 883 g/mol. The molecule has 8 N–H and O–H groups in total. The quantitative estimate of drug-likeness (QED) is 0.0215. The maximum Gasteiger partial charge on any atom is 0.249 e. The highest BCUT2D eigenvalue weighted by atomic mass is 16.7. The van der Waals surface area contributed by atoms with E-state index in [-0.39, 0.29) is 12.8 Å². The van der Waals surface area contributed by atoms with E-state index in [2.05, 4.69) is 67.8 Å². The van der Waals surface area contributed by atoms with Crippen LogP contribution in [0, 0.1) is 0 Å². The fourth-order valence-electron chi connectivity index (χ4n) is 8.81. The van der Waals surface area contributed by atoms with E-state index in [1.807, 2.05) is 6.08 Å². The average molecular weight is 991 g/mol. The van der Waals surface area contributed by atoms with Crippen molar-refractivity contribution in [3.63, 3.8) is 0 Å². The van der Waals surface area contributed by atoms with Crippen molar-refractivity contribution in [2.75, 3.05) is 13.2 Å². The predicted molar refractivity (Wildman–Crippen MR) is 288 cm³/mol. The number of allylic oxidation sites excluding steroid dienone is 9. The van der Waals surface area contributed by atoms with Crippen molar-refractivity contribution in [3.05, 3.63) is 60.8 Å². The number of carbonyl (C=O) groups excluding carboxylic acids is 1. The third kappa shape index (κ3) is 35.8. The Labute approximate surface area is 427 Å². The van der Waals surface area contributed by atoms with E-state index in [0.717, 1.165) is 38.5 Å². The Morgan fingerprint density at radius 2 is 0.914 bits per heavy atom. The summed E-state index contributed by atoms with van der Waals surface area (Å²) in [5.74, 6) is -0.781. The van der Waals surface area contributed by atoms with Crippen LogP contribution in [-0.4, -0.2) is 110 Å². The van der Waals surface area contributed by atoms with Gasteiger partial charge in [0.15, 0.2) is 6.29 Å². The molecule has 0 radical (unpaired) electrons. The SMILES string of the molecule is CCCCCCCC/C=C\C/C=C\CC(O)C(=O)NC(COC1OC(CO)C(O)C(O)C1O)C(O)C(O)CCC/C=C/CC/C=C/CC/C=C/CCCCCCCCCCCCCCCCCCCC. The molecule has 0 saturated carbocycles. The summed E-state index contributed by atoms with van der Waals surface area (Å²) in [6.07, 6.45) is 50.4. The summed E-state index contributed by atoms with van der Waals surface area (Å²) in [5, 5.41) is 75.7. The number of aliphatic hydroxyl groups is 7. The molecule has 0 aromatic rings. The minimum Gasteiger partial charge on any atom is -0.394 e. The highest BCUT2D eigenvalue weighted by Crippen LogP contribution is 2.23. The Morgan fingerprint density at radius 3 is 1.37 bits per heavy atom. The molecule has 1 amide bonds. The molecular formula is C59H107NO10. The number of nitrogens with one attached hydrogen (secondary N) is 1. The largest absolute Gasteiger partial charge is 0.394 e. The zero-order chi connectivity index (χ0) is 51.1. The van der Waals surface area contributed by atoms with Gasteiger partial charge in [-0.2, -0.15) is 0 Å². The number of ether oxygens (including phenoxy) is 2. The molecule has 1 fully saturated rings.